The summed E-state index contributed by atoms with van der Waals surface area (Å²) in [6.45, 7) is 4.10. The molecule has 24 heavy (non-hydrogen) atoms. The molecule has 0 bridgehead atoms. The number of hydrogen-bond donors (Lipinski definition) is 0. The number of esters is 1. The molecule has 0 radical (unpaired) electrons. The fourth-order valence-corrected chi connectivity index (χ4v) is 2.41. The van der Waals surface area contributed by atoms with Gasteiger partial charge >= 0.3 is 5.97 Å². The molecule has 0 aliphatic rings. The van der Waals surface area contributed by atoms with E-state index in [1.165, 1.54) is 0 Å². The van der Waals surface area contributed by atoms with Crippen molar-refractivity contribution in [3.05, 3.63) is 72.1 Å². The molecular weight excluding hydrogens is 300 g/mol. The molecule has 0 saturated carbocycles. The summed E-state index contributed by atoms with van der Waals surface area (Å²) in [5, 5.41) is 0. The van der Waals surface area contributed by atoms with E-state index in [0.717, 1.165) is 16.7 Å². The van der Waals surface area contributed by atoms with Gasteiger partial charge in [-0.15, -0.1) is 0 Å². The zero-order valence-corrected chi connectivity index (χ0v) is 13.7. The van der Waals surface area contributed by atoms with Gasteiger partial charge in [-0.1, -0.05) is 60.2 Å². The van der Waals surface area contributed by atoms with E-state index in [4.69, 9.17) is 4.74 Å². The van der Waals surface area contributed by atoms with E-state index in [1.54, 1.807) is 13.1 Å². The highest BCUT2D eigenvalue weighted by Crippen LogP contribution is 2.25. The molecular formula is C20H18N2O2. The van der Waals surface area contributed by atoms with Gasteiger partial charge in [-0.2, -0.15) is 0 Å². The summed E-state index contributed by atoms with van der Waals surface area (Å²) in [5.74, 6) is 0.0715. The predicted octanol–water partition coefficient (Wildman–Crippen LogP) is 4.30. The van der Waals surface area contributed by atoms with Crippen LogP contribution in [0.1, 0.15) is 23.0 Å². The second-order valence-electron chi connectivity index (χ2n) is 5.41. The Bertz CT molecular complexity index is 843. The van der Waals surface area contributed by atoms with E-state index in [2.05, 4.69) is 9.97 Å². The molecule has 4 heteroatoms. The van der Waals surface area contributed by atoms with Gasteiger partial charge in [-0.05, 0) is 19.4 Å². The first-order valence-corrected chi connectivity index (χ1v) is 7.85. The molecule has 2 aromatic carbocycles. The lowest BCUT2D eigenvalue weighted by atomic mass is 10.0. The zero-order chi connectivity index (χ0) is 16.9. The maximum absolute atomic E-state index is 12.4. The molecule has 0 fully saturated rings. The predicted molar refractivity (Wildman–Crippen MR) is 93.6 cm³/mol. The second kappa shape index (κ2) is 7.04. The molecule has 0 aliphatic heterocycles. The minimum atomic E-state index is -0.437. The zero-order valence-electron chi connectivity index (χ0n) is 13.7. The third kappa shape index (κ3) is 3.33. The van der Waals surface area contributed by atoms with Gasteiger partial charge < -0.3 is 4.74 Å². The van der Waals surface area contributed by atoms with Crippen LogP contribution in [0, 0.1) is 6.92 Å². The summed E-state index contributed by atoms with van der Waals surface area (Å²) >= 11 is 0. The van der Waals surface area contributed by atoms with Crippen LogP contribution in [-0.4, -0.2) is 22.5 Å². The number of aryl methyl sites for hydroxylation is 1. The normalized spacial score (nSPS) is 10.4. The lowest BCUT2D eigenvalue weighted by Crippen LogP contribution is -2.10. The molecule has 0 N–H and O–H groups in total. The SMILES string of the molecule is CCOC(=O)c1nc(-c2ccccc2)ncc1-c1ccc(C)cc1. The first kappa shape index (κ1) is 15.9. The number of carbonyl (C=O) groups is 1. The molecule has 4 nitrogen and oxygen atoms in total. The Morgan fingerprint density at radius 2 is 1.71 bits per heavy atom. The molecule has 3 rings (SSSR count). The molecule has 1 aromatic heterocycles. The highest BCUT2D eigenvalue weighted by atomic mass is 16.5. The number of aromatic nitrogens is 2. The van der Waals surface area contributed by atoms with Gasteiger partial charge in [0.25, 0.3) is 0 Å². The molecule has 0 amide bonds. The summed E-state index contributed by atoms with van der Waals surface area (Å²) < 4.78 is 5.18. The maximum atomic E-state index is 12.4. The minimum Gasteiger partial charge on any atom is -0.461 e. The standard InChI is InChI=1S/C20H18N2O2/c1-3-24-20(23)18-17(15-11-9-14(2)10-12-15)13-21-19(22-18)16-7-5-4-6-8-16/h4-13H,3H2,1-2H3. The Morgan fingerprint density at radius 1 is 1.00 bits per heavy atom. The highest BCUT2D eigenvalue weighted by molar-refractivity contribution is 5.95. The topological polar surface area (TPSA) is 52.1 Å². The lowest BCUT2D eigenvalue weighted by Gasteiger charge is -2.10. The summed E-state index contributed by atoms with van der Waals surface area (Å²) in [6.07, 6.45) is 1.69. The molecule has 0 saturated heterocycles. The van der Waals surface area contributed by atoms with Crippen molar-refractivity contribution in [1.29, 1.82) is 0 Å². The molecule has 0 atom stereocenters. The van der Waals surface area contributed by atoms with Crippen molar-refractivity contribution in [3.63, 3.8) is 0 Å². The van der Waals surface area contributed by atoms with Crippen molar-refractivity contribution < 1.29 is 9.53 Å². The van der Waals surface area contributed by atoms with Crippen LogP contribution in [0.2, 0.25) is 0 Å². The van der Waals surface area contributed by atoms with Gasteiger partial charge in [0, 0.05) is 17.3 Å². The van der Waals surface area contributed by atoms with Crippen molar-refractivity contribution in [2.75, 3.05) is 6.61 Å². The van der Waals surface area contributed by atoms with Gasteiger partial charge in [0.2, 0.25) is 0 Å². The van der Waals surface area contributed by atoms with Crippen LogP contribution in [0.4, 0.5) is 0 Å². The van der Waals surface area contributed by atoms with Crippen LogP contribution in [0.3, 0.4) is 0 Å². The van der Waals surface area contributed by atoms with Crippen LogP contribution < -0.4 is 0 Å². The quantitative estimate of drug-likeness (QED) is 0.673. The van der Waals surface area contributed by atoms with Gasteiger partial charge in [-0.25, -0.2) is 14.8 Å². The van der Waals surface area contributed by atoms with Crippen molar-refractivity contribution in [1.82, 2.24) is 9.97 Å². The third-order valence-electron chi connectivity index (χ3n) is 3.65. The first-order valence-electron chi connectivity index (χ1n) is 7.85. The Labute approximate surface area is 141 Å². The Morgan fingerprint density at radius 3 is 2.38 bits per heavy atom. The van der Waals surface area contributed by atoms with Gasteiger partial charge in [-0.3, -0.25) is 0 Å². The average molecular weight is 318 g/mol. The highest BCUT2D eigenvalue weighted by Gasteiger charge is 2.18. The Hall–Kier alpha value is -3.01. The van der Waals surface area contributed by atoms with Crippen LogP contribution in [0.15, 0.2) is 60.8 Å². The van der Waals surface area contributed by atoms with Crippen LogP contribution in [-0.2, 0) is 4.74 Å². The van der Waals surface area contributed by atoms with Crippen LogP contribution in [0.5, 0.6) is 0 Å². The summed E-state index contributed by atoms with van der Waals surface area (Å²) in [6, 6.07) is 17.5. The summed E-state index contributed by atoms with van der Waals surface area (Å²) in [5.41, 5.74) is 3.86. The maximum Gasteiger partial charge on any atom is 0.357 e. The van der Waals surface area contributed by atoms with Gasteiger partial charge in [0.1, 0.15) is 0 Å². The van der Waals surface area contributed by atoms with Crippen LogP contribution in [0.25, 0.3) is 22.5 Å². The van der Waals surface area contributed by atoms with Crippen LogP contribution >= 0.6 is 0 Å². The van der Waals surface area contributed by atoms with E-state index in [-0.39, 0.29) is 5.69 Å². The third-order valence-corrected chi connectivity index (χ3v) is 3.65. The second-order valence-corrected chi connectivity index (χ2v) is 5.41. The molecule has 0 aliphatic carbocycles. The number of rotatable bonds is 4. The molecule has 1 heterocycles. The van der Waals surface area contributed by atoms with E-state index < -0.39 is 5.97 Å². The molecule has 3 aromatic rings. The average Bonchev–Trinajstić information content (AvgIpc) is 2.63. The van der Waals surface area contributed by atoms with E-state index in [1.807, 2.05) is 61.5 Å². The smallest absolute Gasteiger partial charge is 0.357 e. The van der Waals surface area contributed by atoms with Gasteiger partial charge in [0.05, 0.1) is 6.61 Å². The number of hydrogen-bond acceptors (Lipinski definition) is 4. The fourth-order valence-electron chi connectivity index (χ4n) is 2.41. The largest absolute Gasteiger partial charge is 0.461 e. The number of carbonyl (C=O) groups excluding carboxylic acids is 1. The van der Waals surface area contributed by atoms with Crippen molar-refractivity contribution in [2.24, 2.45) is 0 Å². The van der Waals surface area contributed by atoms with Crippen molar-refractivity contribution in [2.45, 2.75) is 13.8 Å². The Kier molecular flexibility index (Phi) is 4.66. The number of nitrogens with zero attached hydrogens (tertiary/aromatic N) is 2. The summed E-state index contributed by atoms with van der Waals surface area (Å²) in [7, 11) is 0. The lowest BCUT2D eigenvalue weighted by molar-refractivity contribution is 0.0520. The minimum absolute atomic E-state index is 0.287. The Balaban J connectivity index is 2.11. The number of benzene rings is 2. The number of ether oxygens (including phenoxy) is 1. The van der Waals surface area contributed by atoms with E-state index in [0.29, 0.717) is 18.0 Å². The van der Waals surface area contributed by atoms with Gasteiger partial charge in [0.15, 0.2) is 11.5 Å². The molecule has 0 spiro atoms. The van der Waals surface area contributed by atoms with Crippen molar-refractivity contribution >= 4 is 5.97 Å². The van der Waals surface area contributed by atoms with E-state index in [9.17, 15) is 4.79 Å². The molecule has 0 unspecified atom stereocenters. The fraction of sp³-hybridized carbons (Fsp3) is 0.150. The monoisotopic (exact) mass is 318 g/mol. The summed E-state index contributed by atoms with van der Waals surface area (Å²) in [4.78, 5) is 21.3. The van der Waals surface area contributed by atoms with E-state index >= 15 is 0 Å². The molecule has 120 valence electrons. The van der Waals surface area contributed by atoms with Crippen molar-refractivity contribution in [3.8, 4) is 22.5 Å². The first-order chi connectivity index (χ1) is 11.7.